The van der Waals surface area contributed by atoms with Crippen molar-refractivity contribution >= 4 is 5.82 Å². The molecule has 0 saturated carbocycles. The van der Waals surface area contributed by atoms with Crippen LogP contribution in [-0.4, -0.2) is 19.3 Å². The largest absolute Gasteiger partial charge is 0.385 e. The van der Waals surface area contributed by atoms with Crippen LogP contribution in [-0.2, 0) is 20.0 Å². The monoisotopic (exact) mass is 235 g/mol. The predicted molar refractivity (Wildman–Crippen MR) is 62.6 cm³/mol. The van der Waals surface area contributed by atoms with Crippen molar-refractivity contribution in [2.75, 3.05) is 5.73 Å². The highest BCUT2D eigenvalue weighted by molar-refractivity contribution is 5.26. The van der Waals surface area contributed by atoms with Gasteiger partial charge in [-0.2, -0.15) is 5.10 Å². The summed E-state index contributed by atoms with van der Waals surface area (Å²) in [7, 11) is 1.82. The number of nitrogens with one attached hydrogen (secondary N) is 1. The quantitative estimate of drug-likeness (QED) is 0.719. The molecule has 0 spiro atoms. The highest BCUT2D eigenvalue weighted by Crippen LogP contribution is 1.99. The van der Waals surface area contributed by atoms with Gasteiger partial charge in [0.1, 0.15) is 5.82 Å². The Kier molecular flexibility index (Phi) is 2.82. The summed E-state index contributed by atoms with van der Waals surface area (Å²) in [5.74, 6) is 0.162. The molecule has 0 aliphatic rings. The van der Waals surface area contributed by atoms with E-state index in [2.05, 4.69) is 10.1 Å². The van der Waals surface area contributed by atoms with Crippen molar-refractivity contribution in [1.29, 1.82) is 0 Å². The van der Waals surface area contributed by atoms with Gasteiger partial charge in [-0.15, -0.1) is 0 Å². The molecule has 2 aromatic rings. The molecule has 0 aliphatic carbocycles. The zero-order valence-electron chi connectivity index (χ0n) is 9.38. The van der Waals surface area contributed by atoms with Gasteiger partial charge in [0.15, 0.2) is 0 Å². The van der Waals surface area contributed by atoms with E-state index in [4.69, 9.17) is 5.73 Å². The maximum atomic E-state index is 11.5. The predicted octanol–water partition coefficient (Wildman–Crippen LogP) is -0.905. The first-order chi connectivity index (χ1) is 8.06. The van der Waals surface area contributed by atoms with E-state index in [1.807, 2.05) is 19.3 Å². The van der Waals surface area contributed by atoms with Gasteiger partial charge in [-0.1, -0.05) is 0 Å². The van der Waals surface area contributed by atoms with Crippen molar-refractivity contribution in [3.63, 3.8) is 0 Å². The van der Waals surface area contributed by atoms with Crippen LogP contribution in [0, 0.1) is 0 Å². The van der Waals surface area contributed by atoms with E-state index >= 15 is 0 Å². The minimum absolute atomic E-state index is 0.162. The van der Waals surface area contributed by atoms with E-state index in [-0.39, 0.29) is 5.82 Å². The number of hydrogen-bond acceptors (Lipinski definition) is 4. The third-order valence-corrected chi connectivity index (χ3v) is 2.43. The van der Waals surface area contributed by atoms with Crippen molar-refractivity contribution < 1.29 is 0 Å². The zero-order valence-corrected chi connectivity index (χ0v) is 9.38. The van der Waals surface area contributed by atoms with Crippen molar-refractivity contribution in [2.24, 2.45) is 7.05 Å². The second-order valence-electron chi connectivity index (χ2n) is 3.75. The van der Waals surface area contributed by atoms with Crippen molar-refractivity contribution in [3.05, 3.63) is 44.9 Å². The summed E-state index contributed by atoms with van der Waals surface area (Å²) in [6.45, 7) is 0.387. The molecule has 2 rings (SSSR count). The number of aryl methyl sites for hydroxylation is 2. The molecule has 3 N–H and O–H groups in total. The van der Waals surface area contributed by atoms with Gasteiger partial charge >= 0.3 is 5.69 Å². The second kappa shape index (κ2) is 4.28. The van der Waals surface area contributed by atoms with Crippen LogP contribution in [0.4, 0.5) is 5.82 Å². The van der Waals surface area contributed by atoms with E-state index in [0.29, 0.717) is 13.0 Å². The number of nitrogens with zero attached hydrogens (tertiary/aromatic N) is 3. The second-order valence-corrected chi connectivity index (χ2v) is 3.75. The van der Waals surface area contributed by atoms with Gasteiger partial charge in [0.05, 0.1) is 5.69 Å². The molecule has 0 bridgehead atoms. The first-order valence-electron chi connectivity index (χ1n) is 5.14. The fraction of sp³-hybridized carbons (Fsp3) is 0.300. The molecule has 0 saturated heterocycles. The molecule has 0 fully saturated rings. The molecule has 0 radical (unpaired) electrons. The van der Waals surface area contributed by atoms with Gasteiger partial charge < -0.3 is 5.73 Å². The summed E-state index contributed by atoms with van der Waals surface area (Å²) in [5.41, 5.74) is 5.50. The Morgan fingerprint density at radius 2 is 2.24 bits per heavy atom. The Balaban J connectivity index is 2.20. The topological polar surface area (TPSA) is 98.7 Å². The minimum atomic E-state index is -0.495. The number of rotatable bonds is 3. The summed E-state index contributed by atoms with van der Waals surface area (Å²) in [6, 6.07) is 3.06. The first kappa shape index (κ1) is 11.2. The number of anilines is 1. The number of nitrogens with two attached hydrogens (primary N) is 1. The lowest BCUT2D eigenvalue weighted by Gasteiger charge is -2.06. The van der Waals surface area contributed by atoms with Crippen molar-refractivity contribution in [2.45, 2.75) is 13.0 Å². The molecule has 2 heterocycles. The molecule has 0 amide bonds. The van der Waals surface area contributed by atoms with E-state index in [1.165, 1.54) is 10.6 Å². The molecule has 0 unspecified atom stereocenters. The Labute approximate surface area is 96.5 Å². The van der Waals surface area contributed by atoms with Crippen LogP contribution in [0.15, 0.2) is 27.9 Å². The Morgan fingerprint density at radius 1 is 1.47 bits per heavy atom. The SMILES string of the molecule is Cn1ccc(CCn2c(N)cc(=O)[nH]c2=O)n1. The highest BCUT2D eigenvalue weighted by Gasteiger charge is 2.04. The summed E-state index contributed by atoms with van der Waals surface area (Å²) in [6.07, 6.45) is 2.41. The van der Waals surface area contributed by atoms with Gasteiger partial charge in [0, 0.05) is 32.3 Å². The standard InChI is InChI=1S/C10H13N5O2/c1-14-4-2-7(13-14)3-5-15-8(11)6-9(16)12-10(15)17/h2,4,6H,3,5,11H2,1H3,(H,12,16,17). The molecule has 2 aromatic heterocycles. The smallest absolute Gasteiger partial charge is 0.329 e. The number of hydrogen-bond donors (Lipinski definition) is 2. The molecule has 90 valence electrons. The summed E-state index contributed by atoms with van der Waals surface area (Å²) >= 11 is 0. The maximum absolute atomic E-state index is 11.5. The zero-order chi connectivity index (χ0) is 12.4. The van der Waals surface area contributed by atoms with Crippen LogP contribution in [0.25, 0.3) is 0 Å². The van der Waals surface area contributed by atoms with Crippen molar-refractivity contribution in [1.82, 2.24) is 19.3 Å². The number of nitrogen functional groups attached to an aromatic ring is 1. The summed E-state index contributed by atoms with van der Waals surface area (Å²) < 4.78 is 3.00. The molecule has 0 atom stereocenters. The minimum Gasteiger partial charge on any atom is -0.385 e. The average Bonchev–Trinajstić information content (AvgIpc) is 2.62. The van der Waals surface area contributed by atoms with Crippen LogP contribution in [0.3, 0.4) is 0 Å². The first-order valence-corrected chi connectivity index (χ1v) is 5.14. The Bertz CT molecular complexity index is 637. The molecule has 17 heavy (non-hydrogen) atoms. The third-order valence-electron chi connectivity index (χ3n) is 2.43. The highest BCUT2D eigenvalue weighted by atomic mass is 16.2. The summed E-state index contributed by atoms with van der Waals surface area (Å²) in [5, 5.41) is 4.19. The normalized spacial score (nSPS) is 10.6. The Hall–Kier alpha value is -2.31. The lowest BCUT2D eigenvalue weighted by Crippen LogP contribution is -2.31. The van der Waals surface area contributed by atoms with Gasteiger partial charge in [-0.25, -0.2) is 4.79 Å². The fourth-order valence-electron chi connectivity index (χ4n) is 1.59. The Morgan fingerprint density at radius 3 is 2.82 bits per heavy atom. The molecule has 0 aliphatic heterocycles. The van der Waals surface area contributed by atoms with Gasteiger partial charge in [0.25, 0.3) is 5.56 Å². The van der Waals surface area contributed by atoms with Crippen LogP contribution in [0.2, 0.25) is 0 Å². The molecular formula is C10H13N5O2. The van der Waals surface area contributed by atoms with E-state index in [0.717, 1.165) is 5.69 Å². The number of aromatic nitrogens is 4. The number of aromatic amines is 1. The maximum Gasteiger partial charge on any atom is 0.329 e. The summed E-state index contributed by atoms with van der Waals surface area (Å²) in [4.78, 5) is 24.6. The van der Waals surface area contributed by atoms with Crippen molar-refractivity contribution in [3.8, 4) is 0 Å². The van der Waals surface area contributed by atoms with Gasteiger partial charge in [-0.05, 0) is 6.07 Å². The van der Waals surface area contributed by atoms with Gasteiger partial charge in [0.2, 0.25) is 0 Å². The van der Waals surface area contributed by atoms with Gasteiger partial charge in [-0.3, -0.25) is 19.0 Å². The van der Waals surface area contributed by atoms with Crippen LogP contribution >= 0.6 is 0 Å². The molecular weight excluding hydrogens is 222 g/mol. The average molecular weight is 235 g/mol. The van der Waals surface area contributed by atoms with Crippen LogP contribution < -0.4 is 17.0 Å². The van der Waals surface area contributed by atoms with E-state index < -0.39 is 11.2 Å². The van der Waals surface area contributed by atoms with Crippen LogP contribution in [0.5, 0.6) is 0 Å². The van der Waals surface area contributed by atoms with Crippen LogP contribution in [0.1, 0.15) is 5.69 Å². The fourth-order valence-corrected chi connectivity index (χ4v) is 1.59. The molecule has 7 heteroatoms. The third kappa shape index (κ3) is 2.44. The lowest BCUT2D eigenvalue weighted by molar-refractivity contribution is 0.636. The molecule has 0 aromatic carbocycles. The van der Waals surface area contributed by atoms with E-state index in [9.17, 15) is 9.59 Å². The lowest BCUT2D eigenvalue weighted by atomic mass is 10.3. The number of H-pyrrole nitrogens is 1. The van der Waals surface area contributed by atoms with E-state index in [1.54, 1.807) is 4.68 Å². The molecule has 7 nitrogen and oxygen atoms in total.